The maximum atomic E-state index is 4.60. The van der Waals surface area contributed by atoms with Crippen LogP contribution in [0.15, 0.2) is 67.0 Å². The number of H-pyrrole nitrogens is 1. The van der Waals surface area contributed by atoms with Crippen molar-refractivity contribution >= 4 is 16.7 Å². The van der Waals surface area contributed by atoms with Crippen molar-refractivity contribution in [3.63, 3.8) is 0 Å². The monoisotopic (exact) mass is 328 g/mol. The SMILES string of the molecule is Cc1ccnc(N[C@@H](c2ccccn2)c2c(C)[nH]c3ccccc23)c1. The Morgan fingerprint density at radius 2 is 1.76 bits per heavy atom. The minimum atomic E-state index is -0.0772. The Bertz CT molecular complexity index is 1000. The number of hydrogen-bond donors (Lipinski definition) is 2. The quantitative estimate of drug-likeness (QED) is 0.567. The first-order valence-corrected chi connectivity index (χ1v) is 8.40. The fourth-order valence-corrected chi connectivity index (χ4v) is 3.27. The van der Waals surface area contributed by atoms with E-state index >= 15 is 0 Å². The molecule has 0 spiro atoms. The Morgan fingerprint density at radius 3 is 2.56 bits per heavy atom. The lowest BCUT2D eigenvalue weighted by atomic mass is 9.99. The summed E-state index contributed by atoms with van der Waals surface area (Å²) in [6, 6.07) is 18.4. The number of para-hydroxylation sites is 1. The van der Waals surface area contributed by atoms with E-state index in [4.69, 9.17) is 0 Å². The summed E-state index contributed by atoms with van der Waals surface area (Å²) in [5.74, 6) is 0.848. The van der Waals surface area contributed by atoms with Crippen molar-refractivity contribution in [3.05, 3.63) is 89.5 Å². The highest BCUT2D eigenvalue weighted by Crippen LogP contribution is 2.33. The molecule has 1 aromatic carbocycles. The predicted octanol–water partition coefficient (Wildman–Crippen LogP) is 4.78. The van der Waals surface area contributed by atoms with Gasteiger partial charge in [-0.2, -0.15) is 0 Å². The van der Waals surface area contributed by atoms with Crippen molar-refractivity contribution in [2.24, 2.45) is 0 Å². The molecule has 0 saturated carbocycles. The van der Waals surface area contributed by atoms with Crippen LogP contribution < -0.4 is 5.32 Å². The number of aromatic amines is 1. The van der Waals surface area contributed by atoms with Gasteiger partial charge in [-0.05, 0) is 49.7 Å². The number of aromatic nitrogens is 3. The Hall–Kier alpha value is -3.14. The number of nitrogens with one attached hydrogen (secondary N) is 2. The molecule has 0 aliphatic heterocycles. The van der Waals surface area contributed by atoms with E-state index < -0.39 is 0 Å². The van der Waals surface area contributed by atoms with Gasteiger partial charge in [-0.3, -0.25) is 4.98 Å². The number of hydrogen-bond acceptors (Lipinski definition) is 3. The van der Waals surface area contributed by atoms with Gasteiger partial charge in [-0.25, -0.2) is 4.98 Å². The van der Waals surface area contributed by atoms with Gasteiger partial charge in [0, 0.05) is 34.6 Å². The second-order valence-electron chi connectivity index (χ2n) is 6.26. The second-order valence-corrected chi connectivity index (χ2v) is 6.26. The number of benzene rings is 1. The minimum Gasteiger partial charge on any atom is -0.358 e. The predicted molar refractivity (Wildman–Crippen MR) is 102 cm³/mol. The van der Waals surface area contributed by atoms with Crippen LogP contribution in [0.5, 0.6) is 0 Å². The van der Waals surface area contributed by atoms with E-state index in [9.17, 15) is 0 Å². The summed E-state index contributed by atoms with van der Waals surface area (Å²) in [5, 5.41) is 4.78. The molecule has 0 aliphatic rings. The summed E-state index contributed by atoms with van der Waals surface area (Å²) < 4.78 is 0. The molecule has 0 saturated heterocycles. The van der Waals surface area contributed by atoms with Crippen molar-refractivity contribution in [2.45, 2.75) is 19.9 Å². The van der Waals surface area contributed by atoms with E-state index in [0.717, 1.165) is 22.7 Å². The highest BCUT2D eigenvalue weighted by molar-refractivity contribution is 5.86. The number of nitrogens with zero attached hydrogens (tertiary/aromatic N) is 2. The molecular weight excluding hydrogens is 308 g/mol. The number of pyridine rings is 2. The zero-order valence-corrected chi connectivity index (χ0v) is 14.3. The molecule has 124 valence electrons. The lowest BCUT2D eigenvalue weighted by Crippen LogP contribution is -2.15. The van der Waals surface area contributed by atoms with Gasteiger partial charge in [-0.1, -0.05) is 24.3 Å². The normalized spacial score (nSPS) is 12.2. The zero-order valence-electron chi connectivity index (χ0n) is 14.3. The van der Waals surface area contributed by atoms with Crippen LogP contribution in [0.4, 0.5) is 5.82 Å². The molecule has 0 radical (unpaired) electrons. The molecule has 3 heterocycles. The molecule has 2 N–H and O–H groups in total. The Labute approximate surface area is 147 Å². The minimum absolute atomic E-state index is 0.0772. The molecule has 25 heavy (non-hydrogen) atoms. The summed E-state index contributed by atoms with van der Waals surface area (Å²) in [4.78, 5) is 12.6. The van der Waals surface area contributed by atoms with Crippen molar-refractivity contribution in [1.82, 2.24) is 15.0 Å². The summed E-state index contributed by atoms with van der Waals surface area (Å²) >= 11 is 0. The van der Waals surface area contributed by atoms with Crippen LogP contribution in [0.25, 0.3) is 10.9 Å². The van der Waals surface area contributed by atoms with Crippen molar-refractivity contribution in [2.75, 3.05) is 5.32 Å². The molecule has 4 aromatic rings. The van der Waals surface area contributed by atoms with Crippen molar-refractivity contribution < 1.29 is 0 Å². The molecule has 1 atom stereocenters. The van der Waals surface area contributed by atoms with Crippen LogP contribution in [0, 0.1) is 13.8 Å². The first kappa shape index (κ1) is 15.4. The Balaban J connectivity index is 1.87. The van der Waals surface area contributed by atoms with E-state index in [-0.39, 0.29) is 6.04 Å². The van der Waals surface area contributed by atoms with Crippen LogP contribution >= 0.6 is 0 Å². The molecule has 3 aromatic heterocycles. The molecule has 0 aliphatic carbocycles. The second kappa shape index (κ2) is 6.40. The Kier molecular flexibility index (Phi) is 3.94. The van der Waals surface area contributed by atoms with Crippen LogP contribution in [-0.4, -0.2) is 15.0 Å². The third-order valence-electron chi connectivity index (χ3n) is 4.42. The lowest BCUT2D eigenvalue weighted by molar-refractivity contribution is 0.875. The third-order valence-corrected chi connectivity index (χ3v) is 4.42. The fraction of sp³-hybridized carbons (Fsp3) is 0.143. The molecule has 4 rings (SSSR count). The standard InChI is InChI=1S/C21H20N4/c1-14-10-12-23-19(13-14)25-21(18-9-5-6-11-22-18)20-15(2)24-17-8-4-3-7-16(17)20/h3-13,21,24H,1-2H3,(H,23,25)/t21-/m0/s1. The highest BCUT2D eigenvalue weighted by Gasteiger charge is 2.22. The molecular formula is C21H20N4. The number of anilines is 1. The third kappa shape index (κ3) is 2.98. The van der Waals surface area contributed by atoms with Gasteiger partial charge in [0.1, 0.15) is 5.82 Å². The van der Waals surface area contributed by atoms with Crippen LogP contribution in [0.3, 0.4) is 0 Å². The number of aryl methyl sites for hydroxylation is 2. The maximum Gasteiger partial charge on any atom is 0.126 e. The van der Waals surface area contributed by atoms with E-state index in [0.29, 0.717) is 0 Å². The van der Waals surface area contributed by atoms with Crippen molar-refractivity contribution in [3.8, 4) is 0 Å². The molecule has 0 amide bonds. The maximum absolute atomic E-state index is 4.60. The summed E-state index contributed by atoms with van der Waals surface area (Å²) in [6.07, 6.45) is 3.66. The molecule has 0 unspecified atom stereocenters. The van der Waals surface area contributed by atoms with Gasteiger partial charge in [0.15, 0.2) is 0 Å². The summed E-state index contributed by atoms with van der Waals surface area (Å²) in [6.45, 7) is 4.18. The van der Waals surface area contributed by atoms with Gasteiger partial charge in [0.25, 0.3) is 0 Å². The summed E-state index contributed by atoms with van der Waals surface area (Å²) in [5.41, 5.74) is 5.62. The van der Waals surface area contributed by atoms with Crippen molar-refractivity contribution in [1.29, 1.82) is 0 Å². The lowest BCUT2D eigenvalue weighted by Gasteiger charge is -2.20. The number of rotatable bonds is 4. The number of fused-ring (bicyclic) bond motifs is 1. The van der Waals surface area contributed by atoms with Crippen LogP contribution in [-0.2, 0) is 0 Å². The van der Waals surface area contributed by atoms with E-state index in [1.807, 2.05) is 36.7 Å². The van der Waals surface area contributed by atoms with Crippen LogP contribution in [0.2, 0.25) is 0 Å². The van der Waals surface area contributed by atoms with Gasteiger partial charge >= 0.3 is 0 Å². The molecule has 0 bridgehead atoms. The van der Waals surface area contributed by atoms with Gasteiger partial charge in [-0.15, -0.1) is 0 Å². The highest BCUT2D eigenvalue weighted by atomic mass is 15.0. The summed E-state index contributed by atoms with van der Waals surface area (Å²) in [7, 11) is 0. The Morgan fingerprint density at radius 1 is 0.920 bits per heavy atom. The molecule has 4 heteroatoms. The largest absolute Gasteiger partial charge is 0.358 e. The first-order valence-electron chi connectivity index (χ1n) is 8.40. The fourth-order valence-electron chi connectivity index (χ4n) is 3.27. The van der Waals surface area contributed by atoms with Crippen LogP contribution in [0.1, 0.15) is 28.6 Å². The zero-order chi connectivity index (χ0) is 17.2. The first-order chi connectivity index (χ1) is 12.2. The smallest absolute Gasteiger partial charge is 0.126 e. The van der Waals surface area contributed by atoms with Gasteiger partial charge in [0.05, 0.1) is 11.7 Å². The van der Waals surface area contributed by atoms with E-state index in [1.54, 1.807) is 0 Å². The topological polar surface area (TPSA) is 53.6 Å². The van der Waals surface area contributed by atoms with E-state index in [2.05, 4.69) is 64.4 Å². The van der Waals surface area contributed by atoms with E-state index in [1.165, 1.54) is 16.5 Å². The van der Waals surface area contributed by atoms with Gasteiger partial charge in [0.2, 0.25) is 0 Å². The average molecular weight is 328 g/mol. The molecule has 0 fully saturated rings. The average Bonchev–Trinajstić information content (AvgIpc) is 2.96. The van der Waals surface area contributed by atoms with Gasteiger partial charge < -0.3 is 10.3 Å². The molecule has 4 nitrogen and oxygen atoms in total.